The lowest BCUT2D eigenvalue weighted by Crippen LogP contribution is -2.34. The zero-order valence-corrected chi connectivity index (χ0v) is 9.05. The van der Waals surface area contributed by atoms with Crippen LogP contribution >= 0.6 is 0 Å². The van der Waals surface area contributed by atoms with Crippen molar-refractivity contribution < 1.29 is 4.74 Å². The molecule has 1 rings (SSSR count). The number of nitrogens with two attached hydrogens (primary N) is 1. The van der Waals surface area contributed by atoms with Gasteiger partial charge in [-0.05, 0) is 31.8 Å². The van der Waals surface area contributed by atoms with Gasteiger partial charge in [-0.15, -0.1) is 0 Å². The quantitative estimate of drug-likeness (QED) is 0.702. The standard InChI is InChI=1S/C10H22N2O/c1-9(13-3)6-12-5-4-10(2,7-11)8-12/h9H,4-8,11H2,1-3H3. The number of rotatable bonds is 4. The maximum Gasteiger partial charge on any atom is 0.0670 e. The summed E-state index contributed by atoms with van der Waals surface area (Å²) in [6.45, 7) is 8.50. The molecule has 1 aliphatic rings. The molecule has 0 aliphatic carbocycles. The molecule has 1 fully saturated rings. The lowest BCUT2D eigenvalue weighted by molar-refractivity contribution is 0.0818. The van der Waals surface area contributed by atoms with Gasteiger partial charge >= 0.3 is 0 Å². The van der Waals surface area contributed by atoms with Crippen molar-refractivity contribution in [2.24, 2.45) is 11.1 Å². The maximum atomic E-state index is 5.74. The van der Waals surface area contributed by atoms with E-state index in [1.807, 2.05) is 0 Å². The number of hydrogen-bond donors (Lipinski definition) is 1. The Bertz CT molecular complexity index is 163. The fourth-order valence-corrected chi connectivity index (χ4v) is 1.89. The Morgan fingerprint density at radius 3 is 2.77 bits per heavy atom. The van der Waals surface area contributed by atoms with Crippen LogP contribution in [0, 0.1) is 5.41 Å². The van der Waals surface area contributed by atoms with E-state index in [4.69, 9.17) is 10.5 Å². The van der Waals surface area contributed by atoms with E-state index in [0.717, 1.165) is 19.6 Å². The summed E-state index contributed by atoms with van der Waals surface area (Å²) < 4.78 is 5.24. The summed E-state index contributed by atoms with van der Waals surface area (Å²) in [5, 5.41) is 0. The Labute approximate surface area is 81.2 Å². The van der Waals surface area contributed by atoms with Gasteiger partial charge in [0.05, 0.1) is 6.10 Å². The van der Waals surface area contributed by atoms with E-state index < -0.39 is 0 Å². The first-order valence-electron chi connectivity index (χ1n) is 5.05. The summed E-state index contributed by atoms with van der Waals surface area (Å²) in [7, 11) is 1.77. The van der Waals surface area contributed by atoms with Gasteiger partial charge in [-0.2, -0.15) is 0 Å². The lowest BCUT2D eigenvalue weighted by Gasteiger charge is -2.24. The van der Waals surface area contributed by atoms with Crippen molar-refractivity contribution in [3.05, 3.63) is 0 Å². The van der Waals surface area contributed by atoms with Crippen LogP contribution in [0.1, 0.15) is 20.3 Å². The van der Waals surface area contributed by atoms with Crippen LogP contribution in [0.3, 0.4) is 0 Å². The first-order valence-corrected chi connectivity index (χ1v) is 5.05. The third-order valence-electron chi connectivity index (χ3n) is 3.05. The Morgan fingerprint density at radius 2 is 2.31 bits per heavy atom. The van der Waals surface area contributed by atoms with Crippen LogP contribution in [0.4, 0.5) is 0 Å². The van der Waals surface area contributed by atoms with Crippen LogP contribution in [0.25, 0.3) is 0 Å². The second-order valence-electron chi connectivity index (χ2n) is 4.55. The number of nitrogens with zero attached hydrogens (tertiary/aromatic N) is 1. The van der Waals surface area contributed by atoms with E-state index in [1.54, 1.807) is 7.11 Å². The van der Waals surface area contributed by atoms with E-state index >= 15 is 0 Å². The highest BCUT2D eigenvalue weighted by molar-refractivity contribution is 4.87. The van der Waals surface area contributed by atoms with Gasteiger partial charge in [0.25, 0.3) is 0 Å². The Hall–Kier alpha value is -0.120. The van der Waals surface area contributed by atoms with E-state index in [-0.39, 0.29) is 0 Å². The van der Waals surface area contributed by atoms with Crippen LogP contribution in [-0.4, -0.2) is 44.3 Å². The van der Waals surface area contributed by atoms with Crippen molar-refractivity contribution in [1.82, 2.24) is 4.90 Å². The van der Waals surface area contributed by atoms with Crippen molar-refractivity contribution in [3.8, 4) is 0 Å². The molecule has 78 valence electrons. The Balaban J connectivity index is 2.33. The molecule has 0 spiro atoms. The molecule has 0 radical (unpaired) electrons. The molecule has 1 heterocycles. The van der Waals surface area contributed by atoms with Gasteiger partial charge in [0, 0.05) is 20.2 Å². The summed E-state index contributed by atoms with van der Waals surface area (Å²) in [6.07, 6.45) is 1.56. The lowest BCUT2D eigenvalue weighted by atomic mass is 9.90. The van der Waals surface area contributed by atoms with Gasteiger partial charge in [0.15, 0.2) is 0 Å². The molecule has 2 atom stereocenters. The van der Waals surface area contributed by atoms with Crippen molar-refractivity contribution in [2.75, 3.05) is 33.3 Å². The average Bonchev–Trinajstić information content (AvgIpc) is 2.48. The van der Waals surface area contributed by atoms with Gasteiger partial charge in [0.1, 0.15) is 0 Å². The van der Waals surface area contributed by atoms with Gasteiger partial charge in [-0.1, -0.05) is 6.92 Å². The first-order chi connectivity index (χ1) is 6.09. The van der Waals surface area contributed by atoms with Gasteiger partial charge in [-0.3, -0.25) is 0 Å². The summed E-state index contributed by atoms with van der Waals surface area (Å²) in [4.78, 5) is 2.45. The van der Waals surface area contributed by atoms with Gasteiger partial charge in [0.2, 0.25) is 0 Å². The predicted molar refractivity (Wildman–Crippen MR) is 54.7 cm³/mol. The molecular weight excluding hydrogens is 164 g/mol. The van der Waals surface area contributed by atoms with E-state index in [0.29, 0.717) is 11.5 Å². The topological polar surface area (TPSA) is 38.5 Å². The zero-order chi connectivity index (χ0) is 9.90. The molecule has 0 bridgehead atoms. The van der Waals surface area contributed by atoms with Gasteiger partial charge in [-0.25, -0.2) is 0 Å². The van der Waals surface area contributed by atoms with Crippen LogP contribution in [-0.2, 0) is 4.74 Å². The molecule has 0 amide bonds. The summed E-state index contributed by atoms with van der Waals surface area (Å²) in [5.41, 5.74) is 6.08. The molecule has 0 aromatic rings. The Morgan fingerprint density at radius 1 is 1.62 bits per heavy atom. The van der Waals surface area contributed by atoms with Crippen LogP contribution < -0.4 is 5.73 Å². The molecule has 3 heteroatoms. The first kappa shape index (κ1) is 11.0. The van der Waals surface area contributed by atoms with Gasteiger partial charge < -0.3 is 15.4 Å². The van der Waals surface area contributed by atoms with E-state index in [9.17, 15) is 0 Å². The smallest absolute Gasteiger partial charge is 0.0670 e. The number of methoxy groups -OCH3 is 1. The van der Waals surface area contributed by atoms with Crippen LogP contribution in [0.5, 0.6) is 0 Å². The third-order valence-corrected chi connectivity index (χ3v) is 3.05. The van der Waals surface area contributed by atoms with E-state index in [2.05, 4.69) is 18.7 Å². The summed E-state index contributed by atoms with van der Waals surface area (Å²) >= 11 is 0. The molecular formula is C10H22N2O. The third kappa shape index (κ3) is 2.93. The highest BCUT2D eigenvalue weighted by Gasteiger charge is 2.32. The molecule has 0 saturated carbocycles. The van der Waals surface area contributed by atoms with Crippen molar-refractivity contribution in [2.45, 2.75) is 26.4 Å². The minimum absolute atomic E-state index is 0.333. The number of hydrogen-bond acceptors (Lipinski definition) is 3. The average molecular weight is 186 g/mol. The molecule has 13 heavy (non-hydrogen) atoms. The largest absolute Gasteiger partial charge is 0.380 e. The van der Waals surface area contributed by atoms with Crippen molar-refractivity contribution >= 4 is 0 Å². The summed E-state index contributed by atoms with van der Waals surface area (Å²) in [6, 6.07) is 0. The van der Waals surface area contributed by atoms with E-state index in [1.165, 1.54) is 13.0 Å². The van der Waals surface area contributed by atoms with Crippen LogP contribution in [0.15, 0.2) is 0 Å². The zero-order valence-electron chi connectivity index (χ0n) is 9.05. The molecule has 1 aliphatic heterocycles. The monoisotopic (exact) mass is 186 g/mol. The predicted octanol–water partition coefficient (Wildman–Crippen LogP) is 0.692. The second kappa shape index (κ2) is 4.40. The molecule has 2 unspecified atom stereocenters. The van der Waals surface area contributed by atoms with Crippen molar-refractivity contribution in [1.29, 1.82) is 0 Å². The molecule has 2 N–H and O–H groups in total. The maximum absolute atomic E-state index is 5.74. The SMILES string of the molecule is COC(C)CN1CCC(C)(CN)C1. The number of likely N-dealkylation sites (tertiary alicyclic amines) is 1. The highest BCUT2D eigenvalue weighted by atomic mass is 16.5. The second-order valence-corrected chi connectivity index (χ2v) is 4.55. The number of ether oxygens (including phenoxy) is 1. The molecule has 0 aromatic heterocycles. The minimum atomic E-state index is 0.333. The fraction of sp³-hybridized carbons (Fsp3) is 1.00. The fourth-order valence-electron chi connectivity index (χ4n) is 1.89. The molecule has 1 saturated heterocycles. The minimum Gasteiger partial charge on any atom is -0.380 e. The van der Waals surface area contributed by atoms with Crippen LogP contribution in [0.2, 0.25) is 0 Å². The van der Waals surface area contributed by atoms with Crippen molar-refractivity contribution in [3.63, 3.8) is 0 Å². The molecule has 3 nitrogen and oxygen atoms in total. The molecule has 0 aromatic carbocycles. The summed E-state index contributed by atoms with van der Waals surface area (Å²) in [5.74, 6) is 0. The highest BCUT2D eigenvalue weighted by Crippen LogP contribution is 2.28. The normalized spacial score (nSPS) is 32.3. The Kier molecular flexibility index (Phi) is 3.71.